The minimum Gasteiger partial charge on any atom is -0.479 e. The van der Waals surface area contributed by atoms with Crippen molar-refractivity contribution >= 4 is 17.7 Å². The van der Waals surface area contributed by atoms with Gasteiger partial charge in [-0.3, -0.25) is 9.59 Å². The van der Waals surface area contributed by atoms with E-state index < -0.39 is 113 Å². The van der Waals surface area contributed by atoms with Gasteiger partial charge in [-0.15, -0.1) is 0 Å². The van der Waals surface area contributed by atoms with Crippen molar-refractivity contribution in [2.24, 2.45) is 17.8 Å². The molecule has 352 valence electrons. The third-order valence-corrected chi connectivity index (χ3v) is 16.0. The second-order valence-corrected chi connectivity index (χ2v) is 21.1. The highest BCUT2D eigenvalue weighted by atomic mass is 16.8. The fourth-order valence-electron chi connectivity index (χ4n) is 12.5. The zero-order valence-electron chi connectivity index (χ0n) is 37.5. The average Bonchev–Trinajstić information content (AvgIpc) is 4.06. The lowest BCUT2D eigenvalue weighted by Gasteiger charge is -2.46. The molecule has 0 aliphatic carbocycles. The maximum Gasteiger partial charge on any atom is 0.336 e. The van der Waals surface area contributed by atoms with Gasteiger partial charge in [-0.05, 0) is 90.9 Å². The zero-order valence-corrected chi connectivity index (χ0v) is 37.5. The van der Waals surface area contributed by atoms with E-state index in [1.54, 1.807) is 13.8 Å². The molecule has 9 aliphatic rings. The van der Waals surface area contributed by atoms with Crippen LogP contribution in [0.5, 0.6) is 0 Å². The van der Waals surface area contributed by atoms with Crippen LogP contribution in [0.25, 0.3) is 0 Å². The van der Waals surface area contributed by atoms with Gasteiger partial charge in [0.15, 0.2) is 23.0 Å². The molecule has 8 saturated heterocycles. The number of hydrogen-bond acceptors (Lipinski definition) is 15. The molecule has 0 unspecified atom stereocenters. The van der Waals surface area contributed by atoms with Crippen molar-refractivity contribution in [3.63, 3.8) is 0 Å². The van der Waals surface area contributed by atoms with E-state index in [9.17, 15) is 34.8 Å². The lowest BCUT2D eigenvalue weighted by molar-refractivity contribution is -0.358. The molecule has 16 nitrogen and oxygen atoms in total. The Kier molecular flexibility index (Phi) is 12.0. The Labute approximate surface area is 369 Å². The summed E-state index contributed by atoms with van der Waals surface area (Å²) < 4.78 is 58.2. The first-order valence-corrected chi connectivity index (χ1v) is 23.5. The van der Waals surface area contributed by atoms with E-state index in [4.69, 9.17) is 42.6 Å². The van der Waals surface area contributed by atoms with Gasteiger partial charge in [0.05, 0.1) is 36.4 Å². The number of Topliss-reactive ketones (excluding diaryl/α,β-unsaturated/α-hetero) is 1. The van der Waals surface area contributed by atoms with Crippen molar-refractivity contribution in [3.05, 3.63) is 23.8 Å². The highest BCUT2D eigenvalue weighted by Crippen LogP contribution is 2.55. The summed E-state index contributed by atoms with van der Waals surface area (Å²) in [5, 5.41) is 45.4. The number of carbonyl (C=O) groups is 3. The van der Waals surface area contributed by atoms with Gasteiger partial charge in [0.2, 0.25) is 5.79 Å². The first-order valence-electron chi connectivity index (χ1n) is 23.5. The van der Waals surface area contributed by atoms with E-state index in [2.05, 4.69) is 13.0 Å². The Hall–Kier alpha value is -2.35. The molecule has 0 aromatic rings. The second-order valence-electron chi connectivity index (χ2n) is 21.1. The minimum atomic E-state index is -1.99. The van der Waals surface area contributed by atoms with Gasteiger partial charge in [-0.2, -0.15) is 0 Å². The number of esters is 1. The molecule has 0 amide bonds. The SMILES string of the molecule is C/C1=C/[C@@H](C)C[C@]2(C)CC[C@H](O2)[C@]23CC[C@](C(=O)O)(C[C@H](O2)[C@@H]2O[C@@](C)(CC2=O)[C@@H](O)[C@H]2CC[C@@]4(CCC[C@@H](O4)[C@H](C)C(=O)O[C@H]4C[C@H]([C@]5(O)OCC[C@H](C)[C@@H]5O)O[C@H]4C=C1)O2)O3. The van der Waals surface area contributed by atoms with E-state index in [-0.39, 0.29) is 56.3 Å². The van der Waals surface area contributed by atoms with Crippen LogP contribution in [0, 0.1) is 17.8 Å². The third-order valence-electron chi connectivity index (χ3n) is 16.0. The van der Waals surface area contributed by atoms with Gasteiger partial charge in [-0.25, -0.2) is 4.79 Å². The Morgan fingerprint density at radius 2 is 1.59 bits per heavy atom. The number of rotatable bonds is 2. The summed E-state index contributed by atoms with van der Waals surface area (Å²) in [7, 11) is 0. The van der Waals surface area contributed by atoms with Crippen LogP contribution in [0.2, 0.25) is 0 Å². The Bertz CT molecular complexity index is 1860. The fraction of sp³-hybridized carbons (Fsp3) is 0.851. The monoisotopic (exact) mass is 888 g/mol. The maximum absolute atomic E-state index is 14.1. The largest absolute Gasteiger partial charge is 0.479 e. The van der Waals surface area contributed by atoms with E-state index in [1.165, 1.54) is 0 Å². The number of hydrogen-bond donors (Lipinski definition) is 4. The first kappa shape index (κ1) is 45.8. The smallest absolute Gasteiger partial charge is 0.336 e. The Balaban J connectivity index is 1.01. The van der Waals surface area contributed by atoms with E-state index >= 15 is 0 Å². The number of ketones is 1. The number of carboxylic acid groups (broad SMARTS) is 1. The summed E-state index contributed by atoms with van der Waals surface area (Å²) in [6.07, 6.45) is 2.32. The summed E-state index contributed by atoms with van der Waals surface area (Å²) in [5.41, 5.74) is -2.63. The van der Waals surface area contributed by atoms with Crippen molar-refractivity contribution in [2.75, 3.05) is 6.61 Å². The fourth-order valence-corrected chi connectivity index (χ4v) is 12.5. The predicted molar refractivity (Wildman–Crippen MR) is 220 cm³/mol. The summed E-state index contributed by atoms with van der Waals surface area (Å²) >= 11 is 0. The molecule has 63 heavy (non-hydrogen) atoms. The predicted octanol–water partition coefficient (Wildman–Crippen LogP) is 4.32. The number of carboxylic acids is 1. The van der Waals surface area contributed by atoms with Gasteiger partial charge in [0.25, 0.3) is 0 Å². The molecular formula is C47H68O16. The molecule has 9 rings (SSSR count). The van der Waals surface area contributed by atoms with Gasteiger partial charge in [-0.1, -0.05) is 37.6 Å². The van der Waals surface area contributed by atoms with Crippen LogP contribution in [-0.2, 0) is 57.0 Å². The molecule has 0 radical (unpaired) electrons. The van der Waals surface area contributed by atoms with Crippen LogP contribution in [0.15, 0.2) is 23.8 Å². The van der Waals surface area contributed by atoms with Crippen LogP contribution in [0.3, 0.4) is 0 Å². The average molecular weight is 889 g/mol. The first-order chi connectivity index (χ1) is 29.7. The zero-order chi connectivity index (χ0) is 44.9. The lowest BCUT2D eigenvalue weighted by Crippen LogP contribution is -2.60. The Morgan fingerprint density at radius 1 is 0.810 bits per heavy atom. The van der Waals surface area contributed by atoms with Gasteiger partial charge < -0.3 is 63.1 Å². The quantitative estimate of drug-likeness (QED) is 0.284. The van der Waals surface area contributed by atoms with Crippen molar-refractivity contribution in [1.29, 1.82) is 0 Å². The molecule has 19 atom stereocenters. The highest BCUT2D eigenvalue weighted by molar-refractivity contribution is 5.87. The van der Waals surface area contributed by atoms with Crippen molar-refractivity contribution < 1.29 is 77.4 Å². The molecule has 9 heterocycles. The normalized spacial score (nSPS) is 53.7. The van der Waals surface area contributed by atoms with Crippen LogP contribution in [0.4, 0.5) is 0 Å². The number of aliphatic carboxylic acids is 1. The highest BCUT2D eigenvalue weighted by Gasteiger charge is 2.68. The molecule has 8 fully saturated rings. The summed E-state index contributed by atoms with van der Waals surface area (Å²) in [6, 6.07) is 0. The third kappa shape index (κ3) is 8.18. The summed E-state index contributed by atoms with van der Waals surface area (Å²) in [4.78, 5) is 40.9. The molecule has 2 spiro atoms. The molecule has 0 aromatic carbocycles. The van der Waals surface area contributed by atoms with E-state index in [0.29, 0.717) is 57.8 Å². The molecule has 4 N–H and O–H groups in total. The molecule has 0 aromatic heterocycles. The number of aliphatic hydroxyl groups excluding tert-OH is 2. The summed E-state index contributed by atoms with van der Waals surface area (Å²) in [5.74, 6) is -7.29. The second kappa shape index (κ2) is 16.5. The number of carbonyl (C=O) groups excluding carboxylic acids is 2. The van der Waals surface area contributed by atoms with Crippen molar-refractivity contribution in [1.82, 2.24) is 0 Å². The minimum absolute atomic E-state index is 0.0310. The van der Waals surface area contributed by atoms with Gasteiger partial charge >= 0.3 is 11.9 Å². The van der Waals surface area contributed by atoms with Crippen LogP contribution >= 0.6 is 0 Å². The van der Waals surface area contributed by atoms with E-state index in [0.717, 1.165) is 5.57 Å². The number of aliphatic hydroxyl groups is 3. The molecule has 16 heteroatoms. The molecule has 9 aliphatic heterocycles. The molecule has 10 bridgehead atoms. The lowest BCUT2D eigenvalue weighted by atomic mass is 9.87. The standard InChI is InChI=1S/C47H68O16/c1-25-9-10-31-33(21-36(56-31)47(54)38(49)27(3)13-19-55-47)57-40(51)28(4)30-8-7-14-45(58-30)16-11-32(59-45)39(50)43(6)23-29(48)37(62-43)34-24-44(41(52)53)17-18-46(60-34,63-44)35-12-15-42(5,61-35)22-26(2)20-25/h9-10,20,26-28,30-39,49-50,54H,7-8,11-19,21-24H2,1-6H3,(H,52,53)/b10-9?,25-20-/t26-,27+,28+,30-,31+,32-,33+,34+,35+,36-,37-,38+,39+,42+,43+,44-,45-,46-,47+/m1/s1. The van der Waals surface area contributed by atoms with Crippen LogP contribution < -0.4 is 0 Å². The molecular weight excluding hydrogens is 821 g/mol. The topological polar surface area (TPSA) is 215 Å². The van der Waals surface area contributed by atoms with Gasteiger partial charge in [0, 0.05) is 38.5 Å². The maximum atomic E-state index is 14.1. The molecule has 0 saturated carbocycles. The van der Waals surface area contributed by atoms with Crippen molar-refractivity contribution in [3.8, 4) is 0 Å². The number of allylic oxidation sites excluding steroid dienone is 3. The van der Waals surface area contributed by atoms with Crippen molar-refractivity contribution in [2.45, 2.75) is 227 Å². The van der Waals surface area contributed by atoms with E-state index in [1.807, 2.05) is 32.9 Å². The number of fused-ring (bicyclic) bond motifs is 10. The van der Waals surface area contributed by atoms with Crippen LogP contribution in [0.1, 0.15) is 131 Å². The van der Waals surface area contributed by atoms with Crippen LogP contribution in [-0.4, -0.2) is 140 Å². The number of ether oxygens (including phenoxy) is 9. The van der Waals surface area contributed by atoms with Gasteiger partial charge in [0.1, 0.15) is 48.3 Å². The Morgan fingerprint density at radius 3 is 2.37 bits per heavy atom. The summed E-state index contributed by atoms with van der Waals surface area (Å²) in [6.45, 7) is 11.6.